The van der Waals surface area contributed by atoms with Gasteiger partial charge in [0, 0.05) is 44.6 Å². The van der Waals surface area contributed by atoms with Crippen LogP contribution in [0, 0.1) is 0 Å². The molecule has 1 aromatic heterocycles. The first-order chi connectivity index (χ1) is 13.7. The normalized spacial score (nSPS) is 14.0. The number of guanidine groups is 1. The summed E-state index contributed by atoms with van der Waals surface area (Å²) < 4.78 is 10.9. The van der Waals surface area contributed by atoms with E-state index in [2.05, 4.69) is 50.2 Å². The third-order valence-electron chi connectivity index (χ3n) is 4.99. The molecular weight excluding hydrogens is 499 g/mol. The summed E-state index contributed by atoms with van der Waals surface area (Å²) in [5, 5.41) is 8.92. The van der Waals surface area contributed by atoms with E-state index in [1.165, 1.54) is 16.0 Å². The topological polar surface area (TPSA) is 58.1 Å². The molecule has 1 aromatic carbocycles. The van der Waals surface area contributed by atoms with Crippen LogP contribution in [-0.4, -0.2) is 58.3 Å². The first-order valence-corrected chi connectivity index (χ1v) is 10.5. The number of ether oxygens (including phenoxy) is 2. The highest BCUT2D eigenvalue weighted by Crippen LogP contribution is 2.33. The molecule has 0 saturated carbocycles. The van der Waals surface area contributed by atoms with E-state index in [0.717, 1.165) is 63.0 Å². The lowest BCUT2D eigenvalue weighted by Gasteiger charge is -2.29. The van der Waals surface area contributed by atoms with Gasteiger partial charge in [-0.3, -0.25) is 9.89 Å². The van der Waals surface area contributed by atoms with Crippen LogP contribution in [0.2, 0.25) is 0 Å². The standard InChI is InChI=1S/C21H30N4O2S.HI/c1-22-21(23-8-6-18-5-4-12-28-18)24-9-11-25-10-7-16-13-19(26-2)20(27-3)14-17(16)15-25;/h4-5,12-14H,6-11,15H2,1-3H3,(H2,22,23,24);1H. The van der Waals surface area contributed by atoms with Crippen LogP contribution < -0.4 is 20.1 Å². The van der Waals surface area contributed by atoms with Gasteiger partial charge in [-0.15, -0.1) is 35.3 Å². The van der Waals surface area contributed by atoms with Gasteiger partial charge in [-0.25, -0.2) is 0 Å². The smallest absolute Gasteiger partial charge is 0.191 e. The minimum absolute atomic E-state index is 0. The minimum atomic E-state index is 0. The molecule has 29 heavy (non-hydrogen) atoms. The second kappa shape index (κ2) is 12.2. The molecule has 0 atom stereocenters. The van der Waals surface area contributed by atoms with Crippen LogP contribution >= 0.6 is 35.3 Å². The van der Waals surface area contributed by atoms with Crippen LogP contribution in [0.4, 0.5) is 0 Å². The van der Waals surface area contributed by atoms with Gasteiger partial charge < -0.3 is 20.1 Å². The van der Waals surface area contributed by atoms with E-state index in [0.29, 0.717) is 0 Å². The van der Waals surface area contributed by atoms with E-state index in [4.69, 9.17) is 9.47 Å². The number of halogens is 1. The van der Waals surface area contributed by atoms with Gasteiger partial charge in [0.25, 0.3) is 0 Å². The third-order valence-corrected chi connectivity index (χ3v) is 5.92. The monoisotopic (exact) mass is 530 g/mol. The third kappa shape index (κ3) is 6.75. The fourth-order valence-electron chi connectivity index (χ4n) is 3.44. The number of benzene rings is 1. The number of hydrogen-bond donors (Lipinski definition) is 2. The van der Waals surface area contributed by atoms with Gasteiger partial charge in [-0.1, -0.05) is 6.07 Å². The number of fused-ring (bicyclic) bond motifs is 1. The Bertz CT molecular complexity index is 783. The van der Waals surface area contributed by atoms with Crippen molar-refractivity contribution in [3.63, 3.8) is 0 Å². The Kier molecular flexibility index (Phi) is 10.0. The average Bonchev–Trinajstić information content (AvgIpc) is 3.25. The SMILES string of the molecule is CN=C(NCCc1cccs1)NCCN1CCc2cc(OC)c(OC)cc2C1.I. The Morgan fingerprint density at radius 2 is 1.86 bits per heavy atom. The van der Waals surface area contributed by atoms with E-state index < -0.39 is 0 Å². The van der Waals surface area contributed by atoms with Gasteiger partial charge in [0.2, 0.25) is 0 Å². The molecule has 0 saturated heterocycles. The largest absolute Gasteiger partial charge is 0.493 e. The van der Waals surface area contributed by atoms with Crippen LogP contribution in [-0.2, 0) is 19.4 Å². The molecule has 1 aliphatic heterocycles. The highest BCUT2D eigenvalue weighted by Gasteiger charge is 2.19. The van der Waals surface area contributed by atoms with Crippen molar-refractivity contribution in [1.82, 2.24) is 15.5 Å². The maximum Gasteiger partial charge on any atom is 0.191 e. The number of methoxy groups -OCH3 is 2. The first-order valence-electron chi connectivity index (χ1n) is 9.66. The summed E-state index contributed by atoms with van der Waals surface area (Å²) in [6, 6.07) is 8.48. The van der Waals surface area contributed by atoms with E-state index in [1.54, 1.807) is 25.6 Å². The maximum absolute atomic E-state index is 5.45. The van der Waals surface area contributed by atoms with Gasteiger partial charge in [0.05, 0.1) is 14.2 Å². The molecule has 0 amide bonds. The van der Waals surface area contributed by atoms with Gasteiger partial charge in [-0.2, -0.15) is 0 Å². The predicted molar refractivity (Wildman–Crippen MR) is 131 cm³/mol. The first kappa shape index (κ1) is 23.8. The summed E-state index contributed by atoms with van der Waals surface area (Å²) in [5.74, 6) is 2.48. The summed E-state index contributed by atoms with van der Waals surface area (Å²) in [7, 11) is 5.19. The Labute approximate surface area is 194 Å². The summed E-state index contributed by atoms with van der Waals surface area (Å²) in [6.45, 7) is 4.70. The van der Waals surface area contributed by atoms with Crippen LogP contribution in [0.25, 0.3) is 0 Å². The Morgan fingerprint density at radius 3 is 2.52 bits per heavy atom. The molecule has 0 bridgehead atoms. The molecular formula is C21H31IN4O2S. The number of nitrogens with zero attached hydrogens (tertiary/aromatic N) is 2. The summed E-state index contributed by atoms with van der Waals surface area (Å²) in [4.78, 5) is 8.17. The molecule has 0 fully saturated rings. The van der Waals surface area contributed by atoms with E-state index >= 15 is 0 Å². The van der Waals surface area contributed by atoms with Crippen molar-refractivity contribution in [2.24, 2.45) is 4.99 Å². The highest BCUT2D eigenvalue weighted by molar-refractivity contribution is 14.0. The lowest BCUT2D eigenvalue weighted by atomic mass is 9.99. The van der Waals surface area contributed by atoms with E-state index in [-0.39, 0.29) is 24.0 Å². The number of aliphatic imine (C=N–C) groups is 1. The van der Waals surface area contributed by atoms with Gasteiger partial charge >= 0.3 is 0 Å². The van der Waals surface area contributed by atoms with Crippen molar-refractivity contribution < 1.29 is 9.47 Å². The van der Waals surface area contributed by atoms with Gasteiger partial charge in [0.1, 0.15) is 0 Å². The molecule has 2 heterocycles. The number of rotatable bonds is 8. The second-order valence-electron chi connectivity index (χ2n) is 6.76. The lowest BCUT2D eigenvalue weighted by molar-refractivity contribution is 0.256. The Morgan fingerprint density at radius 1 is 1.14 bits per heavy atom. The van der Waals surface area contributed by atoms with Gasteiger partial charge in [0.15, 0.2) is 17.5 Å². The second-order valence-corrected chi connectivity index (χ2v) is 7.79. The molecule has 0 spiro atoms. The highest BCUT2D eigenvalue weighted by atomic mass is 127. The summed E-state index contributed by atoms with van der Waals surface area (Å²) in [6.07, 6.45) is 2.05. The van der Waals surface area contributed by atoms with Crippen molar-refractivity contribution in [2.45, 2.75) is 19.4 Å². The van der Waals surface area contributed by atoms with Crippen molar-refractivity contribution in [3.05, 3.63) is 45.6 Å². The Balaban J connectivity index is 0.00000300. The zero-order chi connectivity index (χ0) is 19.8. The summed E-state index contributed by atoms with van der Waals surface area (Å²) in [5.41, 5.74) is 2.68. The number of hydrogen-bond acceptors (Lipinski definition) is 5. The quantitative estimate of drug-likeness (QED) is 0.312. The van der Waals surface area contributed by atoms with Crippen molar-refractivity contribution in [3.8, 4) is 11.5 Å². The molecule has 8 heteroatoms. The van der Waals surface area contributed by atoms with Crippen LogP contribution in [0.3, 0.4) is 0 Å². The fraction of sp³-hybridized carbons (Fsp3) is 0.476. The van der Waals surface area contributed by atoms with Crippen LogP contribution in [0.5, 0.6) is 11.5 Å². The van der Waals surface area contributed by atoms with E-state index in [1.807, 2.05) is 7.05 Å². The van der Waals surface area contributed by atoms with Crippen molar-refractivity contribution in [2.75, 3.05) is 47.4 Å². The minimum Gasteiger partial charge on any atom is -0.493 e. The van der Waals surface area contributed by atoms with Gasteiger partial charge in [-0.05, 0) is 47.5 Å². The predicted octanol–water partition coefficient (Wildman–Crippen LogP) is 3.15. The number of thiophene rings is 1. The zero-order valence-electron chi connectivity index (χ0n) is 17.4. The summed E-state index contributed by atoms with van der Waals surface area (Å²) >= 11 is 1.79. The molecule has 3 rings (SSSR count). The molecule has 0 aliphatic carbocycles. The van der Waals surface area contributed by atoms with Crippen LogP contribution in [0.1, 0.15) is 16.0 Å². The average molecular weight is 530 g/mol. The lowest BCUT2D eigenvalue weighted by Crippen LogP contribution is -2.43. The fourth-order valence-corrected chi connectivity index (χ4v) is 4.15. The molecule has 0 radical (unpaired) electrons. The Hall–Kier alpha value is -1.52. The van der Waals surface area contributed by atoms with Crippen molar-refractivity contribution in [1.29, 1.82) is 0 Å². The van der Waals surface area contributed by atoms with Crippen LogP contribution in [0.15, 0.2) is 34.6 Å². The maximum atomic E-state index is 5.45. The number of nitrogens with one attached hydrogen (secondary N) is 2. The molecule has 2 N–H and O–H groups in total. The van der Waals surface area contributed by atoms with E-state index in [9.17, 15) is 0 Å². The molecule has 0 unspecified atom stereocenters. The molecule has 160 valence electrons. The zero-order valence-corrected chi connectivity index (χ0v) is 20.5. The van der Waals surface area contributed by atoms with Crippen molar-refractivity contribution >= 4 is 41.3 Å². The molecule has 1 aliphatic rings. The molecule has 2 aromatic rings. The molecule has 6 nitrogen and oxygen atoms in total.